The number of benzene rings is 2. The summed E-state index contributed by atoms with van der Waals surface area (Å²) < 4.78 is 2.16. The molecule has 2 heterocycles. The summed E-state index contributed by atoms with van der Waals surface area (Å²) in [4.78, 5) is 24.2. The summed E-state index contributed by atoms with van der Waals surface area (Å²) in [6.45, 7) is 1.94. The monoisotopic (exact) mass is 392 g/mol. The van der Waals surface area contributed by atoms with Crippen LogP contribution in [-0.2, 0) is 13.1 Å². The SMILES string of the molecule is O=[N+]([O-])c1cccc(C2c3cccn3CCCN2Cc2ccccc2[N+](=O)[O-])c1. The number of aromatic nitrogens is 1. The van der Waals surface area contributed by atoms with E-state index in [-0.39, 0.29) is 22.3 Å². The van der Waals surface area contributed by atoms with E-state index in [1.54, 1.807) is 30.3 Å². The second kappa shape index (κ2) is 7.84. The van der Waals surface area contributed by atoms with Crippen LogP contribution in [0.5, 0.6) is 0 Å². The standard InChI is InChI=1S/C21H20N4O4/c26-24(27)18-8-3-7-16(14-18)21-20-10-4-11-22(20)12-5-13-23(21)15-17-6-1-2-9-19(17)25(28)29/h1-4,6-11,14,21H,5,12-13,15H2. The van der Waals surface area contributed by atoms with E-state index in [0.29, 0.717) is 12.1 Å². The van der Waals surface area contributed by atoms with Gasteiger partial charge in [0.05, 0.1) is 15.9 Å². The number of nitro groups is 2. The number of nitro benzene ring substituents is 2. The van der Waals surface area contributed by atoms with E-state index in [9.17, 15) is 20.2 Å². The molecule has 0 spiro atoms. The highest BCUT2D eigenvalue weighted by Gasteiger charge is 2.29. The Balaban J connectivity index is 1.79. The first-order valence-corrected chi connectivity index (χ1v) is 9.40. The van der Waals surface area contributed by atoms with Crippen molar-refractivity contribution < 1.29 is 9.85 Å². The Morgan fingerprint density at radius 2 is 1.76 bits per heavy atom. The normalized spacial score (nSPS) is 16.8. The highest BCUT2D eigenvalue weighted by Crippen LogP contribution is 2.35. The van der Waals surface area contributed by atoms with Crippen LogP contribution in [0, 0.1) is 20.2 Å². The summed E-state index contributed by atoms with van der Waals surface area (Å²) in [6, 6.07) is 17.1. The molecule has 0 aliphatic carbocycles. The van der Waals surface area contributed by atoms with Crippen molar-refractivity contribution in [3.63, 3.8) is 0 Å². The van der Waals surface area contributed by atoms with Gasteiger partial charge in [-0.05, 0) is 24.1 Å². The van der Waals surface area contributed by atoms with Crippen molar-refractivity contribution in [2.45, 2.75) is 25.6 Å². The molecule has 0 N–H and O–H groups in total. The fraction of sp³-hybridized carbons (Fsp3) is 0.238. The van der Waals surface area contributed by atoms with Gasteiger partial charge in [0.2, 0.25) is 0 Å². The third-order valence-corrected chi connectivity index (χ3v) is 5.31. The third-order valence-electron chi connectivity index (χ3n) is 5.31. The predicted octanol–water partition coefficient (Wildman–Crippen LogP) is 4.30. The summed E-state index contributed by atoms with van der Waals surface area (Å²) in [6.07, 6.45) is 2.89. The van der Waals surface area contributed by atoms with Crippen molar-refractivity contribution in [3.8, 4) is 0 Å². The zero-order valence-corrected chi connectivity index (χ0v) is 15.7. The summed E-state index contributed by atoms with van der Waals surface area (Å²) in [7, 11) is 0. The first kappa shape index (κ1) is 18.8. The van der Waals surface area contributed by atoms with Gasteiger partial charge in [0.1, 0.15) is 0 Å². The maximum atomic E-state index is 11.5. The zero-order valence-electron chi connectivity index (χ0n) is 15.7. The van der Waals surface area contributed by atoms with E-state index >= 15 is 0 Å². The van der Waals surface area contributed by atoms with E-state index in [1.807, 2.05) is 24.4 Å². The number of para-hydroxylation sites is 1. The Morgan fingerprint density at radius 1 is 0.931 bits per heavy atom. The summed E-state index contributed by atoms with van der Waals surface area (Å²) >= 11 is 0. The molecular formula is C21H20N4O4. The van der Waals surface area contributed by atoms with Crippen molar-refractivity contribution in [1.82, 2.24) is 9.47 Å². The van der Waals surface area contributed by atoms with Gasteiger partial charge in [-0.15, -0.1) is 0 Å². The second-order valence-corrected chi connectivity index (χ2v) is 7.09. The fourth-order valence-electron chi connectivity index (χ4n) is 4.04. The van der Waals surface area contributed by atoms with E-state index in [4.69, 9.17) is 0 Å². The molecule has 0 fully saturated rings. The number of aryl methyl sites for hydroxylation is 1. The van der Waals surface area contributed by atoms with Crippen LogP contribution in [-0.4, -0.2) is 25.9 Å². The number of fused-ring (bicyclic) bond motifs is 1. The van der Waals surface area contributed by atoms with Gasteiger partial charge in [-0.1, -0.05) is 30.3 Å². The van der Waals surface area contributed by atoms with Crippen molar-refractivity contribution in [1.29, 1.82) is 0 Å². The number of non-ortho nitro benzene ring substituents is 1. The minimum Gasteiger partial charge on any atom is -0.350 e. The van der Waals surface area contributed by atoms with E-state index in [0.717, 1.165) is 30.8 Å². The molecule has 8 nitrogen and oxygen atoms in total. The lowest BCUT2D eigenvalue weighted by Gasteiger charge is -2.30. The van der Waals surface area contributed by atoms with Gasteiger partial charge in [-0.25, -0.2) is 0 Å². The summed E-state index contributed by atoms with van der Waals surface area (Å²) in [5, 5.41) is 22.8. The van der Waals surface area contributed by atoms with Crippen molar-refractivity contribution >= 4 is 11.4 Å². The van der Waals surface area contributed by atoms with Gasteiger partial charge in [-0.3, -0.25) is 25.1 Å². The molecule has 1 unspecified atom stereocenters. The minimum atomic E-state index is -0.397. The molecule has 8 heteroatoms. The molecule has 0 saturated heterocycles. The molecule has 1 aliphatic rings. The lowest BCUT2D eigenvalue weighted by Crippen LogP contribution is -2.29. The van der Waals surface area contributed by atoms with E-state index in [1.165, 1.54) is 12.1 Å². The van der Waals surface area contributed by atoms with Crippen LogP contribution in [0.15, 0.2) is 66.9 Å². The Labute approximate surface area is 167 Å². The van der Waals surface area contributed by atoms with Gasteiger partial charge >= 0.3 is 0 Å². The number of nitrogens with zero attached hydrogens (tertiary/aromatic N) is 4. The number of hydrogen-bond acceptors (Lipinski definition) is 5. The molecule has 1 atom stereocenters. The maximum absolute atomic E-state index is 11.5. The molecule has 0 radical (unpaired) electrons. The molecular weight excluding hydrogens is 372 g/mol. The van der Waals surface area contributed by atoms with Gasteiger partial charge in [-0.2, -0.15) is 0 Å². The number of rotatable bonds is 5. The Bertz CT molecular complexity index is 1060. The maximum Gasteiger partial charge on any atom is 0.273 e. The highest BCUT2D eigenvalue weighted by molar-refractivity contribution is 5.42. The van der Waals surface area contributed by atoms with E-state index < -0.39 is 4.92 Å². The van der Waals surface area contributed by atoms with Crippen LogP contribution in [0.1, 0.15) is 29.3 Å². The van der Waals surface area contributed by atoms with Crippen LogP contribution >= 0.6 is 0 Å². The van der Waals surface area contributed by atoms with Gasteiger partial charge < -0.3 is 4.57 Å². The van der Waals surface area contributed by atoms with Crippen molar-refractivity contribution in [3.05, 3.63) is 104 Å². The van der Waals surface area contributed by atoms with Gasteiger partial charge in [0, 0.05) is 55.3 Å². The van der Waals surface area contributed by atoms with Crippen LogP contribution in [0.3, 0.4) is 0 Å². The first-order chi connectivity index (χ1) is 14.0. The Morgan fingerprint density at radius 3 is 2.55 bits per heavy atom. The van der Waals surface area contributed by atoms with Crippen molar-refractivity contribution in [2.75, 3.05) is 6.54 Å². The van der Waals surface area contributed by atoms with Crippen LogP contribution in [0.2, 0.25) is 0 Å². The minimum absolute atomic E-state index is 0.0375. The van der Waals surface area contributed by atoms with Gasteiger partial charge in [0.25, 0.3) is 11.4 Å². The highest BCUT2D eigenvalue weighted by atomic mass is 16.6. The molecule has 1 aliphatic heterocycles. The smallest absolute Gasteiger partial charge is 0.273 e. The average Bonchev–Trinajstić information content (AvgIpc) is 3.09. The molecule has 148 valence electrons. The second-order valence-electron chi connectivity index (χ2n) is 7.09. The lowest BCUT2D eigenvalue weighted by atomic mass is 10.00. The Kier molecular flexibility index (Phi) is 5.09. The fourth-order valence-corrected chi connectivity index (χ4v) is 4.04. The van der Waals surface area contributed by atoms with Crippen molar-refractivity contribution in [2.24, 2.45) is 0 Å². The lowest BCUT2D eigenvalue weighted by molar-refractivity contribution is -0.385. The molecule has 4 rings (SSSR count). The van der Waals surface area contributed by atoms with Crippen LogP contribution in [0.25, 0.3) is 0 Å². The Hall–Kier alpha value is -3.52. The third kappa shape index (κ3) is 3.74. The van der Waals surface area contributed by atoms with Crippen LogP contribution in [0.4, 0.5) is 11.4 Å². The average molecular weight is 392 g/mol. The molecule has 2 aromatic carbocycles. The molecule has 1 aromatic heterocycles. The zero-order chi connectivity index (χ0) is 20.4. The molecule has 0 saturated carbocycles. The summed E-state index contributed by atoms with van der Waals surface area (Å²) in [5.41, 5.74) is 2.59. The predicted molar refractivity (Wildman–Crippen MR) is 107 cm³/mol. The topological polar surface area (TPSA) is 94.5 Å². The molecule has 0 amide bonds. The van der Waals surface area contributed by atoms with Gasteiger partial charge in [0.15, 0.2) is 0 Å². The molecule has 0 bridgehead atoms. The molecule has 3 aromatic rings. The summed E-state index contributed by atoms with van der Waals surface area (Å²) in [5.74, 6) is 0. The number of hydrogen-bond donors (Lipinski definition) is 0. The van der Waals surface area contributed by atoms with Crippen LogP contribution < -0.4 is 0 Å². The molecule has 29 heavy (non-hydrogen) atoms. The first-order valence-electron chi connectivity index (χ1n) is 9.40. The largest absolute Gasteiger partial charge is 0.350 e. The quantitative estimate of drug-likeness (QED) is 0.477. The van der Waals surface area contributed by atoms with E-state index in [2.05, 4.69) is 9.47 Å².